The lowest BCUT2D eigenvalue weighted by molar-refractivity contribution is -0.120. The van der Waals surface area contributed by atoms with Crippen LogP contribution in [0.2, 0.25) is 0 Å². The summed E-state index contributed by atoms with van der Waals surface area (Å²) in [5, 5.41) is 16.0. The summed E-state index contributed by atoms with van der Waals surface area (Å²) in [7, 11) is 0. The molecule has 0 aliphatic carbocycles. The molecule has 0 aliphatic heterocycles. The Labute approximate surface area is 163 Å². The van der Waals surface area contributed by atoms with E-state index in [0.717, 1.165) is 6.07 Å². The van der Waals surface area contributed by atoms with Crippen molar-refractivity contribution in [3.8, 4) is 11.5 Å². The number of carbonyl (C=O) groups excluding carboxylic acids is 2. The molecule has 0 bridgehead atoms. The standard InChI is InChI=1S/C18H17BrFN3O4/c1-2-27-15-7-11(6-14(19)17(15)25)9-22-23-16(24)10-21-18(26)12-4-3-5-13(20)8-12/h3-9,25H,2,10H2,1H3,(H,21,26)(H,23,24)/b22-9+. The Bertz CT molecular complexity index is 874. The highest BCUT2D eigenvalue weighted by atomic mass is 79.9. The fraction of sp³-hybridized carbons (Fsp3) is 0.167. The van der Waals surface area contributed by atoms with Crippen molar-refractivity contribution in [3.63, 3.8) is 0 Å². The van der Waals surface area contributed by atoms with Crippen LogP contribution in [0.4, 0.5) is 4.39 Å². The SMILES string of the molecule is CCOc1cc(/C=N/NC(=O)CNC(=O)c2cccc(F)c2)cc(Br)c1O. The van der Waals surface area contributed by atoms with Crippen LogP contribution in [-0.4, -0.2) is 36.3 Å². The number of nitrogens with zero attached hydrogens (tertiary/aromatic N) is 1. The Morgan fingerprint density at radius 2 is 2.11 bits per heavy atom. The first-order valence-electron chi connectivity index (χ1n) is 7.91. The minimum atomic E-state index is -0.572. The molecule has 0 spiro atoms. The third-order valence-electron chi connectivity index (χ3n) is 3.25. The second-order valence-electron chi connectivity index (χ2n) is 5.27. The van der Waals surface area contributed by atoms with Crippen LogP contribution in [0.3, 0.4) is 0 Å². The number of hydrazone groups is 1. The lowest BCUT2D eigenvalue weighted by Gasteiger charge is -2.08. The predicted molar refractivity (Wildman–Crippen MR) is 101 cm³/mol. The molecule has 0 aliphatic rings. The van der Waals surface area contributed by atoms with E-state index in [0.29, 0.717) is 16.6 Å². The van der Waals surface area contributed by atoms with Gasteiger partial charge in [-0.1, -0.05) is 6.07 Å². The Hall–Kier alpha value is -2.94. The van der Waals surface area contributed by atoms with Crippen molar-refractivity contribution in [1.82, 2.24) is 10.7 Å². The number of hydrogen-bond acceptors (Lipinski definition) is 5. The van der Waals surface area contributed by atoms with Gasteiger partial charge < -0.3 is 15.2 Å². The quantitative estimate of drug-likeness (QED) is 0.457. The molecule has 2 amide bonds. The molecule has 0 radical (unpaired) electrons. The van der Waals surface area contributed by atoms with E-state index in [4.69, 9.17) is 4.74 Å². The zero-order valence-electron chi connectivity index (χ0n) is 14.3. The zero-order valence-corrected chi connectivity index (χ0v) is 15.9. The van der Waals surface area contributed by atoms with Gasteiger partial charge in [-0.2, -0.15) is 5.10 Å². The molecule has 0 unspecified atom stereocenters. The van der Waals surface area contributed by atoms with Crippen LogP contribution in [0, 0.1) is 5.82 Å². The molecule has 2 aromatic carbocycles. The lowest BCUT2D eigenvalue weighted by Crippen LogP contribution is -2.34. The number of aromatic hydroxyl groups is 1. The van der Waals surface area contributed by atoms with Gasteiger partial charge in [-0.3, -0.25) is 9.59 Å². The van der Waals surface area contributed by atoms with Crippen molar-refractivity contribution in [1.29, 1.82) is 0 Å². The van der Waals surface area contributed by atoms with Gasteiger partial charge in [0.15, 0.2) is 11.5 Å². The topological polar surface area (TPSA) is 100 Å². The smallest absolute Gasteiger partial charge is 0.259 e. The Kier molecular flexibility index (Phi) is 7.30. The fourth-order valence-electron chi connectivity index (χ4n) is 2.04. The van der Waals surface area contributed by atoms with Crippen LogP contribution in [0.5, 0.6) is 11.5 Å². The molecule has 0 heterocycles. The molecular weight excluding hydrogens is 421 g/mol. The van der Waals surface area contributed by atoms with Crippen LogP contribution in [0.1, 0.15) is 22.8 Å². The summed E-state index contributed by atoms with van der Waals surface area (Å²) >= 11 is 3.20. The summed E-state index contributed by atoms with van der Waals surface area (Å²) in [5.41, 5.74) is 2.95. The summed E-state index contributed by atoms with van der Waals surface area (Å²) in [6.45, 7) is 1.84. The maximum atomic E-state index is 13.1. The van der Waals surface area contributed by atoms with E-state index in [2.05, 4.69) is 31.8 Å². The van der Waals surface area contributed by atoms with E-state index in [-0.39, 0.29) is 23.6 Å². The number of benzene rings is 2. The lowest BCUT2D eigenvalue weighted by atomic mass is 10.2. The number of ether oxygens (including phenoxy) is 1. The number of phenolic OH excluding ortho intramolecular Hbond substituents is 1. The largest absolute Gasteiger partial charge is 0.503 e. The van der Waals surface area contributed by atoms with Crippen molar-refractivity contribution < 1.29 is 23.8 Å². The van der Waals surface area contributed by atoms with Crippen molar-refractivity contribution >= 4 is 34.0 Å². The first kappa shape index (κ1) is 20.4. The van der Waals surface area contributed by atoms with Gasteiger partial charge in [-0.15, -0.1) is 0 Å². The van der Waals surface area contributed by atoms with Gasteiger partial charge in [0, 0.05) is 5.56 Å². The number of carbonyl (C=O) groups is 2. The van der Waals surface area contributed by atoms with Crippen LogP contribution in [0.15, 0.2) is 46.0 Å². The minimum Gasteiger partial charge on any atom is -0.503 e. The van der Waals surface area contributed by atoms with Crippen LogP contribution < -0.4 is 15.5 Å². The van der Waals surface area contributed by atoms with Crippen LogP contribution >= 0.6 is 15.9 Å². The van der Waals surface area contributed by atoms with Gasteiger partial charge in [0.25, 0.3) is 11.8 Å². The monoisotopic (exact) mass is 437 g/mol. The van der Waals surface area contributed by atoms with E-state index in [9.17, 15) is 19.1 Å². The summed E-state index contributed by atoms with van der Waals surface area (Å²) in [6, 6.07) is 8.29. The maximum Gasteiger partial charge on any atom is 0.259 e. The first-order chi connectivity index (χ1) is 12.9. The Balaban J connectivity index is 1.89. The van der Waals surface area contributed by atoms with E-state index >= 15 is 0 Å². The molecule has 7 nitrogen and oxygen atoms in total. The highest BCUT2D eigenvalue weighted by molar-refractivity contribution is 9.10. The molecule has 0 saturated heterocycles. The van der Waals surface area contributed by atoms with Gasteiger partial charge in [-0.05, 0) is 58.7 Å². The van der Waals surface area contributed by atoms with Gasteiger partial charge in [0.2, 0.25) is 0 Å². The highest BCUT2D eigenvalue weighted by Gasteiger charge is 2.09. The Morgan fingerprint density at radius 1 is 1.33 bits per heavy atom. The molecule has 142 valence electrons. The molecule has 2 rings (SSSR count). The minimum absolute atomic E-state index is 0.0295. The molecule has 0 atom stereocenters. The van der Waals surface area contributed by atoms with Crippen LogP contribution in [-0.2, 0) is 4.79 Å². The van der Waals surface area contributed by atoms with E-state index in [1.165, 1.54) is 24.4 Å². The molecule has 2 aromatic rings. The van der Waals surface area contributed by atoms with Gasteiger partial charge in [0.05, 0.1) is 23.8 Å². The number of hydrogen-bond donors (Lipinski definition) is 3. The second-order valence-corrected chi connectivity index (χ2v) is 6.12. The predicted octanol–water partition coefficient (Wildman–Crippen LogP) is 2.57. The Morgan fingerprint density at radius 3 is 2.81 bits per heavy atom. The summed E-state index contributed by atoms with van der Waals surface area (Å²) in [5.74, 6) is -1.42. The molecular formula is C18H17BrFN3O4. The molecule has 9 heteroatoms. The molecule has 3 N–H and O–H groups in total. The van der Waals surface area contributed by atoms with Gasteiger partial charge >= 0.3 is 0 Å². The molecule has 0 aromatic heterocycles. The van der Waals surface area contributed by atoms with Crippen molar-refractivity contribution in [2.24, 2.45) is 5.10 Å². The number of rotatable bonds is 7. The number of amides is 2. The van der Waals surface area contributed by atoms with Crippen molar-refractivity contribution in [2.45, 2.75) is 6.92 Å². The molecule has 0 saturated carbocycles. The average molecular weight is 438 g/mol. The van der Waals surface area contributed by atoms with E-state index in [1.54, 1.807) is 19.1 Å². The number of nitrogens with one attached hydrogen (secondary N) is 2. The first-order valence-corrected chi connectivity index (χ1v) is 8.71. The second kappa shape index (κ2) is 9.67. The average Bonchev–Trinajstić information content (AvgIpc) is 2.64. The maximum absolute atomic E-state index is 13.1. The van der Waals surface area contributed by atoms with E-state index in [1.807, 2.05) is 0 Å². The van der Waals surface area contributed by atoms with E-state index < -0.39 is 17.6 Å². The van der Waals surface area contributed by atoms with Gasteiger partial charge in [-0.25, -0.2) is 9.82 Å². The summed E-state index contributed by atoms with van der Waals surface area (Å²) in [4.78, 5) is 23.6. The molecule has 27 heavy (non-hydrogen) atoms. The number of halogens is 2. The van der Waals surface area contributed by atoms with Crippen molar-refractivity contribution in [3.05, 3.63) is 57.8 Å². The number of phenols is 1. The zero-order chi connectivity index (χ0) is 19.8. The highest BCUT2D eigenvalue weighted by Crippen LogP contribution is 2.34. The van der Waals surface area contributed by atoms with Crippen LogP contribution in [0.25, 0.3) is 0 Å². The summed E-state index contributed by atoms with van der Waals surface area (Å²) < 4.78 is 18.8. The fourth-order valence-corrected chi connectivity index (χ4v) is 2.50. The van der Waals surface area contributed by atoms with Gasteiger partial charge in [0.1, 0.15) is 5.82 Å². The molecule has 0 fully saturated rings. The third-order valence-corrected chi connectivity index (χ3v) is 3.85. The third kappa shape index (κ3) is 6.07. The van der Waals surface area contributed by atoms with Crippen molar-refractivity contribution in [2.75, 3.05) is 13.2 Å². The normalized spacial score (nSPS) is 10.6. The summed E-state index contributed by atoms with van der Waals surface area (Å²) in [6.07, 6.45) is 1.36.